The van der Waals surface area contributed by atoms with Crippen LogP contribution in [0.3, 0.4) is 0 Å². The zero-order valence-corrected chi connectivity index (χ0v) is 10.8. The number of hydrogen-bond acceptors (Lipinski definition) is 2. The van der Waals surface area contributed by atoms with Gasteiger partial charge in [-0.05, 0) is 36.8 Å². The summed E-state index contributed by atoms with van der Waals surface area (Å²) < 4.78 is 45.4. The summed E-state index contributed by atoms with van der Waals surface area (Å²) in [6.07, 6.45) is -0.776. The SMILES string of the molecule is CC(N)C(Oc1cc(F)ccc1F)c1cccc(F)c1. The van der Waals surface area contributed by atoms with E-state index in [2.05, 4.69) is 0 Å². The summed E-state index contributed by atoms with van der Waals surface area (Å²) in [5, 5.41) is 0. The Morgan fingerprint density at radius 3 is 2.35 bits per heavy atom. The Kier molecular flexibility index (Phi) is 4.29. The molecule has 0 fully saturated rings. The van der Waals surface area contributed by atoms with Crippen molar-refractivity contribution in [3.63, 3.8) is 0 Å². The molecule has 2 N–H and O–H groups in total. The maximum absolute atomic E-state index is 13.6. The van der Waals surface area contributed by atoms with Crippen molar-refractivity contribution >= 4 is 0 Å². The molecule has 0 saturated carbocycles. The van der Waals surface area contributed by atoms with Crippen LogP contribution in [0.25, 0.3) is 0 Å². The zero-order valence-electron chi connectivity index (χ0n) is 10.8. The molecule has 2 rings (SSSR count). The molecule has 0 bridgehead atoms. The quantitative estimate of drug-likeness (QED) is 0.929. The summed E-state index contributed by atoms with van der Waals surface area (Å²) in [6.45, 7) is 1.65. The second-order valence-corrected chi connectivity index (χ2v) is 4.53. The normalized spacial score (nSPS) is 13.8. The van der Waals surface area contributed by atoms with E-state index in [1.807, 2.05) is 0 Å². The van der Waals surface area contributed by atoms with Crippen LogP contribution in [-0.2, 0) is 0 Å². The van der Waals surface area contributed by atoms with E-state index in [4.69, 9.17) is 10.5 Å². The predicted molar refractivity (Wildman–Crippen MR) is 69.8 cm³/mol. The van der Waals surface area contributed by atoms with E-state index in [1.165, 1.54) is 18.2 Å². The van der Waals surface area contributed by atoms with Crippen molar-refractivity contribution in [1.29, 1.82) is 0 Å². The van der Waals surface area contributed by atoms with Gasteiger partial charge in [0.2, 0.25) is 0 Å². The molecule has 2 aromatic rings. The number of nitrogens with two attached hydrogens (primary N) is 1. The largest absolute Gasteiger partial charge is 0.481 e. The van der Waals surface area contributed by atoms with Gasteiger partial charge in [-0.1, -0.05) is 12.1 Å². The van der Waals surface area contributed by atoms with Gasteiger partial charge in [-0.3, -0.25) is 0 Å². The van der Waals surface area contributed by atoms with E-state index >= 15 is 0 Å². The van der Waals surface area contributed by atoms with Gasteiger partial charge >= 0.3 is 0 Å². The fourth-order valence-electron chi connectivity index (χ4n) is 1.87. The first-order valence-corrected chi connectivity index (χ1v) is 6.10. The fraction of sp³-hybridized carbons (Fsp3) is 0.200. The van der Waals surface area contributed by atoms with E-state index < -0.39 is 29.6 Å². The highest BCUT2D eigenvalue weighted by Crippen LogP contribution is 2.27. The molecule has 2 unspecified atom stereocenters. The van der Waals surface area contributed by atoms with Gasteiger partial charge in [0.15, 0.2) is 11.6 Å². The minimum Gasteiger partial charge on any atom is -0.481 e. The highest BCUT2D eigenvalue weighted by molar-refractivity contribution is 5.28. The average Bonchev–Trinajstić information content (AvgIpc) is 2.39. The van der Waals surface area contributed by atoms with Gasteiger partial charge in [-0.25, -0.2) is 13.2 Å². The molecule has 0 aliphatic rings. The molecular weight excluding hydrogens is 267 g/mol. The fourth-order valence-corrected chi connectivity index (χ4v) is 1.87. The van der Waals surface area contributed by atoms with Crippen LogP contribution >= 0.6 is 0 Å². The Balaban J connectivity index is 2.33. The lowest BCUT2D eigenvalue weighted by Crippen LogP contribution is -2.29. The van der Waals surface area contributed by atoms with E-state index in [0.717, 1.165) is 18.2 Å². The first kappa shape index (κ1) is 14.4. The number of halogens is 3. The van der Waals surface area contributed by atoms with E-state index in [-0.39, 0.29) is 5.75 Å². The molecule has 0 saturated heterocycles. The highest BCUT2D eigenvalue weighted by atomic mass is 19.1. The van der Waals surface area contributed by atoms with Crippen LogP contribution < -0.4 is 10.5 Å². The predicted octanol–water partition coefficient (Wildman–Crippen LogP) is 3.57. The summed E-state index contributed by atoms with van der Waals surface area (Å²) in [6, 6.07) is 8.03. The summed E-state index contributed by atoms with van der Waals surface area (Å²) in [7, 11) is 0. The van der Waals surface area contributed by atoms with Crippen LogP contribution in [-0.4, -0.2) is 6.04 Å². The molecule has 0 spiro atoms. The van der Waals surface area contributed by atoms with Gasteiger partial charge < -0.3 is 10.5 Å². The smallest absolute Gasteiger partial charge is 0.165 e. The van der Waals surface area contributed by atoms with Gasteiger partial charge in [0, 0.05) is 12.1 Å². The van der Waals surface area contributed by atoms with Gasteiger partial charge in [0.1, 0.15) is 17.7 Å². The average molecular weight is 281 g/mol. The maximum atomic E-state index is 13.6. The van der Waals surface area contributed by atoms with Gasteiger partial charge in [0.25, 0.3) is 0 Å². The van der Waals surface area contributed by atoms with Crippen LogP contribution in [0.1, 0.15) is 18.6 Å². The molecule has 0 aliphatic heterocycles. The number of rotatable bonds is 4. The van der Waals surface area contributed by atoms with Gasteiger partial charge in [-0.15, -0.1) is 0 Å². The standard InChI is InChI=1S/C15H14F3NO/c1-9(19)15(10-3-2-4-11(16)7-10)20-14-8-12(17)5-6-13(14)18/h2-9,15H,19H2,1H3. The molecule has 2 atom stereocenters. The molecule has 2 aromatic carbocycles. The van der Waals surface area contributed by atoms with E-state index in [9.17, 15) is 13.2 Å². The number of ether oxygens (including phenoxy) is 1. The van der Waals surface area contributed by atoms with Crippen LogP contribution in [0.2, 0.25) is 0 Å². The molecule has 0 aliphatic carbocycles. The topological polar surface area (TPSA) is 35.2 Å². The highest BCUT2D eigenvalue weighted by Gasteiger charge is 2.20. The second-order valence-electron chi connectivity index (χ2n) is 4.53. The molecule has 0 aromatic heterocycles. The molecule has 20 heavy (non-hydrogen) atoms. The molecule has 5 heteroatoms. The molecule has 0 radical (unpaired) electrons. The van der Waals surface area contributed by atoms with Crippen molar-refractivity contribution in [1.82, 2.24) is 0 Å². The molecule has 106 valence electrons. The molecular formula is C15H14F3NO. The Labute approximate surface area is 115 Å². The third kappa shape index (κ3) is 3.30. The van der Waals surface area contributed by atoms with Crippen molar-refractivity contribution < 1.29 is 17.9 Å². The van der Waals surface area contributed by atoms with Gasteiger partial charge in [0.05, 0.1) is 0 Å². The Morgan fingerprint density at radius 2 is 1.70 bits per heavy atom. The van der Waals surface area contributed by atoms with Crippen LogP contribution in [0, 0.1) is 17.5 Å². The Bertz CT molecular complexity index is 601. The molecule has 2 nitrogen and oxygen atoms in total. The number of benzene rings is 2. The molecule has 0 heterocycles. The van der Waals surface area contributed by atoms with E-state index in [0.29, 0.717) is 5.56 Å². The lowest BCUT2D eigenvalue weighted by molar-refractivity contribution is 0.171. The first-order valence-electron chi connectivity index (χ1n) is 6.10. The number of hydrogen-bond donors (Lipinski definition) is 1. The Hall–Kier alpha value is -2.01. The lowest BCUT2D eigenvalue weighted by Gasteiger charge is -2.23. The van der Waals surface area contributed by atoms with Crippen LogP contribution in [0.5, 0.6) is 5.75 Å². The van der Waals surface area contributed by atoms with Crippen LogP contribution in [0.15, 0.2) is 42.5 Å². The third-order valence-electron chi connectivity index (χ3n) is 2.80. The minimum absolute atomic E-state index is 0.253. The summed E-state index contributed by atoms with van der Waals surface area (Å²) >= 11 is 0. The second kappa shape index (κ2) is 5.96. The van der Waals surface area contributed by atoms with Crippen LogP contribution in [0.4, 0.5) is 13.2 Å². The monoisotopic (exact) mass is 281 g/mol. The lowest BCUT2D eigenvalue weighted by atomic mass is 10.0. The van der Waals surface area contributed by atoms with Crippen molar-refractivity contribution in [2.24, 2.45) is 5.73 Å². The summed E-state index contributed by atoms with van der Waals surface area (Å²) in [5.74, 6) is -2.02. The first-order chi connectivity index (χ1) is 9.47. The minimum atomic E-state index is -0.776. The zero-order chi connectivity index (χ0) is 14.7. The van der Waals surface area contributed by atoms with Gasteiger partial charge in [-0.2, -0.15) is 0 Å². The van der Waals surface area contributed by atoms with Crippen molar-refractivity contribution in [3.8, 4) is 5.75 Å². The molecule has 0 amide bonds. The van der Waals surface area contributed by atoms with Crippen molar-refractivity contribution in [2.75, 3.05) is 0 Å². The van der Waals surface area contributed by atoms with Crippen molar-refractivity contribution in [2.45, 2.75) is 19.1 Å². The van der Waals surface area contributed by atoms with E-state index in [1.54, 1.807) is 13.0 Å². The van der Waals surface area contributed by atoms with Crippen molar-refractivity contribution in [3.05, 3.63) is 65.5 Å². The summed E-state index contributed by atoms with van der Waals surface area (Å²) in [4.78, 5) is 0. The summed E-state index contributed by atoms with van der Waals surface area (Å²) in [5.41, 5.74) is 6.25. The third-order valence-corrected chi connectivity index (χ3v) is 2.80. The Morgan fingerprint density at radius 1 is 1.00 bits per heavy atom. The maximum Gasteiger partial charge on any atom is 0.165 e.